The number of aryl methyl sites for hydroxylation is 1. The number of nitrogens with zero attached hydrogens (tertiary/aromatic N) is 2. The van der Waals surface area contributed by atoms with Crippen molar-refractivity contribution in [3.05, 3.63) is 60.6 Å². The lowest BCUT2D eigenvalue weighted by atomic mass is 10.1. The van der Waals surface area contributed by atoms with Crippen LogP contribution in [-0.2, 0) is 6.42 Å². The normalized spacial score (nSPS) is 11.1. The Kier molecular flexibility index (Phi) is 3.49. The van der Waals surface area contributed by atoms with Gasteiger partial charge in [0.25, 0.3) is 0 Å². The average Bonchev–Trinajstić information content (AvgIpc) is 3.24. The van der Waals surface area contributed by atoms with E-state index in [4.69, 9.17) is 4.74 Å². The number of ether oxygens (including phenoxy) is 1. The van der Waals surface area contributed by atoms with E-state index in [-0.39, 0.29) is 5.82 Å². The zero-order chi connectivity index (χ0) is 16.5. The fraction of sp³-hybridized carbons (Fsp3) is 0.111. The molecule has 3 heterocycles. The summed E-state index contributed by atoms with van der Waals surface area (Å²) in [7, 11) is 0. The molecule has 0 unspecified atom stereocenters. The molecular weight excluding hydrogens is 307 g/mol. The van der Waals surface area contributed by atoms with E-state index in [0.717, 1.165) is 34.1 Å². The Morgan fingerprint density at radius 1 is 1.21 bits per heavy atom. The lowest BCUT2D eigenvalue weighted by Gasteiger charge is -2.08. The number of hydrogen-bond donors (Lipinski definition) is 2. The molecule has 0 fully saturated rings. The molecule has 120 valence electrons. The minimum Gasteiger partial charge on any atom is -0.437 e. The minimum absolute atomic E-state index is 0.337. The molecule has 2 N–H and O–H groups in total. The van der Waals surface area contributed by atoms with Crippen LogP contribution in [0.4, 0.5) is 4.39 Å². The van der Waals surface area contributed by atoms with E-state index in [1.165, 1.54) is 12.1 Å². The van der Waals surface area contributed by atoms with E-state index < -0.39 is 0 Å². The smallest absolute Gasteiger partial charge is 0.219 e. The lowest BCUT2D eigenvalue weighted by Crippen LogP contribution is -1.91. The fourth-order valence-corrected chi connectivity index (χ4v) is 2.75. The van der Waals surface area contributed by atoms with Crippen molar-refractivity contribution in [3.8, 4) is 22.9 Å². The first-order valence-electron chi connectivity index (χ1n) is 7.66. The van der Waals surface area contributed by atoms with Gasteiger partial charge in [-0.2, -0.15) is 0 Å². The third-order valence-electron chi connectivity index (χ3n) is 3.94. The number of nitrogens with one attached hydrogen (secondary N) is 2. The molecule has 0 saturated carbocycles. The van der Waals surface area contributed by atoms with Gasteiger partial charge in [-0.05, 0) is 24.1 Å². The van der Waals surface area contributed by atoms with Crippen molar-refractivity contribution in [1.82, 2.24) is 19.9 Å². The third kappa shape index (κ3) is 2.52. The third-order valence-corrected chi connectivity index (χ3v) is 3.94. The molecule has 4 aromatic rings. The molecule has 0 aliphatic carbocycles. The van der Waals surface area contributed by atoms with Gasteiger partial charge < -0.3 is 14.7 Å². The van der Waals surface area contributed by atoms with Crippen molar-refractivity contribution in [2.75, 3.05) is 0 Å². The molecule has 0 spiro atoms. The van der Waals surface area contributed by atoms with E-state index in [1.54, 1.807) is 24.8 Å². The van der Waals surface area contributed by atoms with E-state index >= 15 is 0 Å². The fourth-order valence-electron chi connectivity index (χ4n) is 2.75. The van der Waals surface area contributed by atoms with Crippen molar-refractivity contribution in [2.24, 2.45) is 0 Å². The van der Waals surface area contributed by atoms with E-state index in [9.17, 15) is 4.39 Å². The number of benzene rings is 1. The number of aromatic amines is 2. The Labute approximate surface area is 137 Å². The number of imidazole rings is 1. The van der Waals surface area contributed by atoms with Gasteiger partial charge in [-0.3, -0.25) is 0 Å². The van der Waals surface area contributed by atoms with Crippen LogP contribution in [0.15, 0.2) is 49.2 Å². The van der Waals surface area contributed by atoms with Gasteiger partial charge in [-0.15, -0.1) is 0 Å². The molecule has 1 aromatic carbocycles. The molecular formula is C18H15FN4O. The number of fused-ring (bicyclic) bond motifs is 1. The van der Waals surface area contributed by atoms with Crippen molar-refractivity contribution >= 4 is 10.9 Å². The van der Waals surface area contributed by atoms with Gasteiger partial charge in [-0.1, -0.05) is 6.92 Å². The molecule has 0 aliphatic heterocycles. The highest BCUT2D eigenvalue weighted by atomic mass is 19.1. The second-order valence-electron chi connectivity index (χ2n) is 5.44. The molecule has 6 heteroatoms. The van der Waals surface area contributed by atoms with Crippen LogP contribution in [0.5, 0.6) is 11.6 Å². The highest BCUT2D eigenvalue weighted by molar-refractivity contribution is 5.88. The molecule has 0 radical (unpaired) electrons. The summed E-state index contributed by atoms with van der Waals surface area (Å²) in [5.41, 5.74) is 3.57. The van der Waals surface area contributed by atoms with Gasteiger partial charge in [0.2, 0.25) is 5.88 Å². The highest BCUT2D eigenvalue weighted by Crippen LogP contribution is 2.32. The maximum absolute atomic E-state index is 14.0. The number of halogens is 1. The number of aromatic nitrogens is 4. The van der Waals surface area contributed by atoms with Gasteiger partial charge in [0, 0.05) is 35.5 Å². The van der Waals surface area contributed by atoms with Gasteiger partial charge in [0.1, 0.15) is 5.82 Å². The number of pyridine rings is 1. The predicted molar refractivity (Wildman–Crippen MR) is 89.5 cm³/mol. The molecule has 24 heavy (non-hydrogen) atoms. The quantitative estimate of drug-likeness (QED) is 0.583. The molecule has 5 nitrogen and oxygen atoms in total. The van der Waals surface area contributed by atoms with Crippen LogP contribution >= 0.6 is 0 Å². The number of hydrogen-bond acceptors (Lipinski definition) is 3. The van der Waals surface area contributed by atoms with E-state index in [0.29, 0.717) is 11.6 Å². The zero-order valence-electron chi connectivity index (χ0n) is 13.0. The topological polar surface area (TPSA) is 66.6 Å². The zero-order valence-corrected chi connectivity index (χ0v) is 13.0. The van der Waals surface area contributed by atoms with Crippen molar-refractivity contribution in [2.45, 2.75) is 13.3 Å². The van der Waals surface area contributed by atoms with Crippen LogP contribution in [0.1, 0.15) is 12.5 Å². The maximum Gasteiger partial charge on any atom is 0.219 e. The average molecular weight is 322 g/mol. The summed E-state index contributed by atoms with van der Waals surface area (Å²) in [6, 6.07) is 6.52. The summed E-state index contributed by atoms with van der Waals surface area (Å²) < 4.78 is 19.8. The van der Waals surface area contributed by atoms with Crippen molar-refractivity contribution in [1.29, 1.82) is 0 Å². The second-order valence-corrected chi connectivity index (χ2v) is 5.44. The van der Waals surface area contributed by atoms with Crippen molar-refractivity contribution in [3.63, 3.8) is 0 Å². The largest absolute Gasteiger partial charge is 0.437 e. The van der Waals surface area contributed by atoms with Gasteiger partial charge in [0.15, 0.2) is 5.75 Å². The van der Waals surface area contributed by atoms with Gasteiger partial charge >= 0.3 is 0 Å². The van der Waals surface area contributed by atoms with Gasteiger partial charge in [0.05, 0.1) is 23.7 Å². The van der Waals surface area contributed by atoms with Crippen LogP contribution in [-0.4, -0.2) is 19.9 Å². The standard InChI is InChI=1S/C18H15FN4O/c1-2-11-8-22-18-14(11)6-13(19)7-16(18)24-17-5-12(3-4-21-17)15-9-20-10-23-15/h3-10,22H,2H2,1H3,(H,20,23). The van der Waals surface area contributed by atoms with Crippen LogP contribution in [0.25, 0.3) is 22.2 Å². The Balaban J connectivity index is 1.75. The highest BCUT2D eigenvalue weighted by Gasteiger charge is 2.12. The van der Waals surface area contributed by atoms with E-state index in [1.807, 2.05) is 19.2 Å². The molecule has 0 bridgehead atoms. The summed E-state index contributed by atoms with van der Waals surface area (Å²) in [6.07, 6.45) is 7.67. The monoisotopic (exact) mass is 322 g/mol. The van der Waals surface area contributed by atoms with Crippen LogP contribution < -0.4 is 4.74 Å². The molecule has 0 saturated heterocycles. The summed E-state index contributed by atoms with van der Waals surface area (Å²) in [6.45, 7) is 2.03. The molecule has 0 amide bonds. The number of H-pyrrole nitrogens is 2. The first kappa shape index (κ1) is 14.4. The Morgan fingerprint density at radius 2 is 2.12 bits per heavy atom. The van der Waals surface area contributed by atoms with Crippen molar-refractivity contribution < 1.29 is 9.13 Å². The summed E-state index contributed by atoms with van der Waals surface area (Å²) in [5, 5.41) is 0.831. The Morgan fingerprint density at radius 3 is 2.92 bits per heavy atom. The van der Waals surface area contributed by atoms with Crippen LogP contribution in [0.2, 0.25) is 0 Å². The summed E-state index contributed by atoms with van der Waals surface area (Å²) >= 11 is 0. The first-order valence-corrected chi connectivity index (χ1v) is 7.66. The second kappa shape index (κ2) is 5.81. The van der Waals surface area contributed by atoms with Crippen LogP contribution in [0, 0.1) is 5.82 Å². The van der Waals surface area contributed by atoms with E-state index in [2.05, 4.69) is 19.9 Å². The summed E-state index contributed by atoms with van der Waals surface area (Å²) in [4.78, 5) is 14.4. The SMILES string of the molecule is CCc1c[nH]c2c(Oc3cc(-c4cnc[nH]4)ccn3)cc(F)cc12. The maximum atomic E-state index is 14.0. The summed E-state index contributed by atoms with van der Waals surface area (Å²) in [5.74, 6) is 0.470. The predicted octanol–water partition coefficient (Wildman–Crippen LogP) is 4.45. The molecule has 4 rings (SSSR count). The Bertz CT molecular complexity index is 992. The number of rotatable bonds is 4. The Hall–Kier alpha value is -3.15. The first-order chi connectivity index (χ1) is 11.7. The van der Waals surface area contributed by atoms with Crippen LogP contribution in [0.3, 0.4) is 0 Å². The van der Waals surface area contributed by atoms with Gasteiger partial charge in [-0.25, -0.2) is 14.4 Å². The lowest BCUT2D eigenvalue weighted by molar-refractivity contribution is 0.463. The molecule has 0 aliphatic rings. The molecule has 3 aromatic heterocycles. The molecule has 0 atom stereocenters. The minimum atomic E-state index is -0.337.